The first-order valence-corrected chi connectivity index (χ1v) is 3.55. The molecule has 0 aliphatic rings. The summed E-state index contributed by atoms with van der Waals surface area (Å²) < 4.78 is 0. The fraction of sp³-hybridized carbons (Fsp3) is 0.222. The van der Waals surface area contributed by atoms with Gasteiger partial charge in [-0.25, -0.2) is 0 Å². The summed E-state index contributed by atoms with van der Waals surface area (Å²) in [5.74, 6) is 0. The van der Waals surface area contributed by atoms with Crippen LogP contribution in [0.4, 0.5) is 0 Å². The molecule has 0 radical (unpaired) electrons. The average molecular weight is 149 g/mol. The summed E-state index contributed by atoms with van der Waals surface area (Å²) in [7, 11) is 0. The summed E-state index contributed by atoms with van der Waals surface area (Å²) >= 11 is 0. The molecule has 0 saturated heterocycles. The maximum absolute atomic E-state index is 8.91. The molecule has 1 N–H and O–H groups in total. The van der Waals surface area contributed by atoms with Crippen molar-refractivity contribution in [2.75, 3.05) is 0 Å². The molecule has 0 fully saturated rings. The van der Waals surface area contributed by atoms with E-state index in [0.717, 1.165) is 5.56 Å². The zero-order valence-corrected chi connectivity index (χ0v) is 6.44. The smallest absolute Gasteiger partial charge is 0.0696 e. The molecule has 0 aromatic carbocycles. The molecule has 0 amide bonds. The highest BCUT2D eigenvalue weighted by Crippen LogP contribution is 1.99. The fourth-order valence-electron chi connectivity index (χ4n) is 0.725. The van der Waals surface area contributed by atoms with Crippen LogP contribution >= 0.6 is 0 Å². The minimum Gasteiger partial charge on any atom is -0.389 e. The van der Waals surface area contributed by atoms with E-state index in [1.807, 2.05) is 18.2 Å². The Balaban J connectivity index is 2.65. The van der Waals surface area contributed by atoms with E-state index in [-0.39, 0.29) is 6.10 Å². The Morgan fingerprint density at radius 1 is 1.45 bits per heavy atom. The molecule has 2 heteroatoms. The van der Waals surface area contributed by atoms with Gasteiger partial charge in [0, 0.05) is 12.4 Å². The lowest BCUT2D eigenvalue weighted by Crippen LogP contribution is -1.91. The molecule has 0 saturated carbocycles. The molecule has 0 spiro atoms. The summed E-state index contributed by atoms with van der Waals surface area (Å²) in [6, 6.07) is 3.78. The first-order chi connectivity index (χ1) is 5.29. The highest BCUT2D eigenvalue weighted by molar-refractivity contribution is 5.48. The Labute approximate surface area is 66.2 Å². The molecule has 0 aliphatic carbocycles. The lowest BCUT2D eigenvalue weighted by atomic mass is 10.2. The van der Waals surface area contributed by atoms with Crippen LogP contribution in [0.25, 0.3) is 6.08 Å². The van der Waals surface area contributed by atoms with Crippen molar-refractivity contribution in [2.24, 2.45) is 0 Å². The topological polar surface area (TPSA) is 33.1 Å². The van der Waals surface area contributed by atoms with Crippen LogP contribution in [0, 0.1) is 0 Å². The van der Waals surface area contributed by atoms with Gasteiger partial charge in [-0.3, -0.25) is 4.98 Å². The van der Waals surface area contributed by atoms with E-state index >= 15 is 0 Å². The van der Waals surface area contributed by atoms with E-state index in [4.69, 9.17) is 5.11 Å². The van der Waals surface area contributed by atoms with Crippen molar-refractivity contribution in [2.45, 2.75) is 13.0 Å². The van der Waals surface area contributed by atoms with Crippen molar-refractivity contribution in [3.8, 4) is 0 Å². The second-order valence-electron chi connectivity index (χ2n) is 2.38. The number of hydrogen-bond acceptors (Lipinski definition) is 2. The van der Waals surface area contributed by atoms with Gasteiger partial charge in [0.1, 0.15) is 0 Å². The van der Waals surface area contributed by atoms with Gasteiger partial charge >= 0.3 is 0 Å². The normalized spacial score (nSPS) is 13.6. The maximum atomic E-state index is 8.91. The Morgan fingerprint density at radius 2 is 2.09 bits per heavy atom. The minimum atomic E-state index is -0.386. The molecular formula is C9H11NO. The average Bonchev–Trinajstić information content (AvgIpc) is 2.03. The second kappa shape index (κ2) is 3.88. The van der Waals surface area contributed by atoms with Crippen molar-refractivity contribution >= 4 is 6.08 Å². The number of rotatable bonds is 2. The molecule has 1 rings (SSSR count). The highest BCUT2D eigenvalue weighted by Gasteiger charge is 1.86. The molecular weight excluding hydrogens is 138 g/mol. The quantitative estimate of drug-likeness (QED) is 0.690. The molecule has 1 atom stereocenters. The number of pyridine rings is 1. The van der Waals surface area contributed by atoms with Crippen LogP contribution in [0.15, 0.2) is 30.6 Å². The van der Waals surface area contributed by atoms with Gasteiger partial charge in [-0.1, -0.05) is 12.2 Å². The monoisotopic (exact) mass is 149 g/mol. The summed E-state index contributed by atoms with van der Waals surface area (Å²) in [5.41, 5.74) is 1.06. The van der Waals surface area contributed by atoms with Gasteiger partial charge in [-0.05, 0) is 24.6 Å². The van der Waals surface area contributed by atoms with Gasteiger partial charge in [-0.2, -0.15) is 0 Å². The summed E-state index contributed by atoms with van der Waals surface area (Å²) in [6.45, 7) is 1.72. The summed E-state index contributed by atoms with van der Waals surface area (Å²) in [4.78, 5) is 3.88. The molecule has 1 aromatic rings. The Kier molecular flexibility index (Phi) is 2.81. The lowest BCUT2D eigenvalue weighted by molar-refractivity contribution is 0.245. The van der Waals surface area contributed by atoms with Crippen LogP contribution < -0.4 is 0 Å². The van der Waals surface area contributed by atoms with E-state index < -0.39 is 0 Å². The van der Waals surface area contributed by atoms with Gasteiger partial charge in [0.25, 0.3) is 0 Å². The van der Waals surface area contributed by atoms with Gasteiger partial charge < -0.3 is 5.11 Å². The third-order valence-electron chi connectivity index (χ3n) is 1.27. The third-order valence-corrected chi connectivity index (χ3v) is 1.27. The van der Waals surface area contributed by atoms with E-state index in [9.17, 15) is 0 Å². The summed E-state index contributed by atoms with van der Waals surface area (Å²) in [6.07, 6.45) is 6.66. The molecule has 2 nitrogen and oxygen atoms in total. The van der Waals surface area contributed by atoms with Crippen LogP contribution in [0.5, 0.6) is 0 Å². The molecule has 58 valence electrons. The number of nitrogens with zero attached hydrogens (tertiary/aromatic N) is 1. The molecule has 1 aromatic heterocycles. The zero-order chi connectivity index (χ0) is 8.10. The van der Waals surface area contributed by atoms with Crippen LogP contribution in [-0.4, -0.2) is 16.2 Å². The standard InChI is InChI=1S/C9H11NO/c1-8(11)2-3-9-4-6-10-7-5-9/h2-8,11H,1H3/t8-/m1/s1. The van der Waals surface area contributed by atoms with Crippen LogP contribution in [0.2, 0.25) is 0 Å². The SMILES string of the molecule is C[C@@H](O)C=Cc1ccncc1. The molecule has 11 heavy (non-hydrogen) atoms. The van der Waals surface area contributed by atoms with E-state index in [2.05, 4.69) is 4.98 Å². The number of aromatic nitrogens is 1. The van der Waals surface area contributed by atoms with Crippen LogP contribution in [0.1, 0.15) is 12.5 Å². The number of hydrogen-bond donors (Lipinski definition) is 1. The molecule has 1 heterocycles. The van der Waals surface area contributed by atoms with Crippen molar-refractivity contribution in [1.82, 2.24) is 4.98 Å². The third kappa shape index (κ3) is 2.96. The molecule has 0 aliphatic heterocycles. The molecule has 0 bridgehead atoms. The molecule has 0 unspecified atom stereocenters. The summed E-state index contributed by atoms with van der Waals surface area (Å²) in [5, 5.41) is 8.91. The Hall–Kier alpha value is -1.15. The van der Waals surface area contributed by atoms with Crippen LogP contribution in [-0.2, 0) is 0 Å². The second-order valence-corrected chi connectivity index (χ2v) is 2.38. The van der Waals surface area contributed by atoms with Crippen molar-refractivity contribution < 1.29 is 5.11 Å². The van der Waals surface area contributed by atoms with Gasteiger partial charge in [0.05, 0.1) is 6.10 Å². The van der Waals surface area contributed by atoms with Crippen molar-refractivity contribution in [3.63, 3.8) is 0 Å². The lowest BCUT2D eigenvalue weighted by Gasteiger charge is -1.93. The van der Waals surface area contributed by atoms with Crippen molar-refractivity contribution in [3.05, 3.63) is 36.2 Å². The number of aliphatic hydroxyl groups is 1. The van der Waals surface area contributed by atoms with E-state index in [1.165, 1.54) is 0 Å². The van der Waals surface area contributed by atoms with Gasteiger partial charge in [0.15, 0.2) is 0 Å². The highest BCUT2D eigenvalue weighted by atomic mass is 16.3. The minimum absolute atomic E-state index is 0.386. The predicted octanol–water partition coefficient (Wildman–Crippen LogP) is 1.48. The van der Waals surface area contributed by atoms with Crippen molar-refractivity contribution in [1.29, 1.82) is 0 Å². The Bertz CT molecular complexity index is 229. The first-order valence-electron chi connectivity index (χ1n) is 3.55. The maximum Gasteiger partial charge on any atom is 0.0696 e. The fourth-order valence-corrected chi connectivity index (χ4v) is 0.725. The Morgan fingerprint density at radius 3 is 2.64 bits per heavy atom. The largest absolute Gasteiger partial charge is 0.389 e. The van der Waals surface area contributed by atoms with Crippen LogP contribution in [0.3, 0.4) is 0 Å². The van der Waals surface area contributed by atoms with E-state index in [0.29, 0.717) is 0 Å². The zero-order valence-electron chi connectivity index (χ0n) is 6.44. The predicted molar refractivity (Wildman–Crippen MR) is 45.0 cm³/mol. The van der Waals surface area contributed by atoms with E-state index in [1.54, 1.807) is 25.4 Å². The van der Waals surface area contributed by atoms with Gasteiger partial charge in [0.2, 0.25) is 0 Å². The van der Waals surface area contributed by atoms with Gasteiger partial charge in [-0.15, -0.1) is 0 Å². The number of aliphatic hydroxyl groups excluding tert-OH is 1. The first kappa shape index (κ1) is 7.95.